The molecule has 0 amide bonds. The molecule has 0 bridgehead atoms. The van der Waals surface area contributed by atoms with Crippen LogP contribution in [0.2, 0.25) is 0 Å². The predicted molar refractivity (Wildman–Crippen MR) is 68.4 cm³/mol. The average Bonchev–Trinajstić information content (AvgIpc) is 2.64. The van der Waals surface area contributed by atoms with Crippen molar-refractivity contribution < 1.29 is 9.90 Å². The Morgan fingerprint density at radius 2 is 2.12 bits per heavy atom. The highest BCUT2D eigenvalue weighted by Gasteiger charge is 2.17. The fourth-order valence-corrected chi connectivity index (χ4v) is 2.49. The summed E-state index contributed by atoms with van der Waals surface area (Å²) in [6.45, 7) is 4.00. The van der Waals surface area contributed by atoms with Crippen LogP contribution in [0.5, 0.6) is 0 Å². The van der Waals surface area contributed by atoms with Gasteiger partial charge in [0.2, 0.25) is 0 Å². The van der Waals surface area contributed by atoms with Crippen LogP contribution in [0.1, 0.15) is 21.6 Å². The fraction of sp³-hybridized carbons (Fsp3) is 0.167. The molecule has 2 rings (SSSR count). The summed E-state index contributed by atoms with van der Waals surface area (Å²) < 4.78 is 0. The zero-order chi connectivity index (χ0) is 12.6. The first kappa shape index (κ1) is 11.6. The Labute approximate surface area is 103 Å². The molecule has 0 saturated heterocycles. The lowest BCUT2D eigenvalue weighted by Gasteiger charge is -2.04. The Morgan fingerprint density at radius 1 is 1.41 bits per heavy atom. The lowest BCUT2D eigenvalue weighted by Crippen LogP contribution is -2.00. The molecule has 0 fully saturated rings. The first-order valence-electron chi connectivity index (χ1n) is 5.07. The maximum absolute atomic E-state index is 10.9. The maximum atomic E-state index is 10.9. The summed E-state index contributed by atoms with van der Waals surface area (Å²) in [4.78, 5) is 15.0. The van der Waals surface area contributed by atoms with Gasteiger partial charge in [-0.3, -0.25) is 0 Å². The first-order chi connectivity index (χ1) is 8.00. The molecule has 5 heteroatoms. The number of nitrogens with two attached hydrogens (primary N) is 1. The van der Waals surface area contributed by atoms with Crippen LogP contribution in [0.15, 0.2) is 18.2 Å². The molecule has 0 aliphatic rings. The highest BCUT2D eigenvalue weighted by molar-refractivity contribution is 7.19. The second kappa shape index (κ2) is 4.18. The first-order valence-corrected chi connectivity index (χ1v) is 5.88. The quantitative estimate of drug-likeness (QED) is 0.856. The van der Waals surface area contributed by atoms with Crippen LogP contribution in [0, 0.1) is 13.8 Å². The molecule has 0 aliphatic carbocycles. The second-order valence-corrected chi connectivity index (χ2v) is 4.82. The molecule has 88 valence electrons. The minimum Gasteiger partial charge on any atom is -0.476 e. The largest absolute Gasteiger partial charge is 0.476 e. The van der Waals surface area contributed by atoms with Gasteiger partial charge in [-0.05, 0) is 25.0 Å². The number of carboxylic acids is 1. The molecule has 1 aromatic heterocycles. The number of hydrogen-bond acceptors (Lipinski definition) is 4. The van der Waals surface area contributed by atoms with Gasteiger partial charge < -0.3 is 10.8 Å². The van der Waals surface area contributed by atoms with E-state index in [4.69, 9.17) is 10.8 Å². The van der Waals surface area contributed by atoms with E-state index >= 15 is 0 Å². The van der Waals surface area contributed by atoms with E-state index in [2.05, 4.69) is 4.98 Å². The number of nitrogens with zero attached hydrogens (tertiary/aromatic N) is 1. The zero-order valence-corrected chi connectivity index (χ0v) is 10.3. The molecule has 4 nitrogen and oxygen atoms in total. The van der Waals surface area contributed by atoms with Gasteiger partial charge in [0.05, 0.1) is 0 Å². The molecular formula is C12H12N2O2S. The Hall–Kier alpha value is -1.88. The van der Waals surface area contributed by atoms with Crippen LogP contribution in [-0.2, 0) is 0 Å². The monoisotopic (exact) mass is 248 g/mol. The van der Waals surface area contributed by atoms with Crippen molar-refractivity contribution in [2.24, 2.45) is 0 Å². The third-order valence-electron chi connectivity index (χ3n) is 2.69. The van der Waals surface area contributed by atoms with Crippen LogP contribution >= 0.6 is 11.3 Å². The molecular weight excluding hydrogens is 236 g/mol. The van der Waals surface area contributed by atoms with Gasteiger partial charge in [-0.1, -0.05) is 29.5 Å². The van der Waals surface area contributed by atoms with Crippen molar-refractivity contribution in [1.29, 1.82) is 0 Å². The molecule has 0 aliphatic heterocycles. The number of aromatic carboxylic acids is 1. The zero-order valence-electron chi connectivity index (χ0n) is 9.52. The smallest absolute Gasteiger partial charge is 0.357 e. The lowest BCUT2D eigenvalue weighted by molar-refractivity contribution is 0.0692. The molecule has 0 saturated carbocycles. The Bertz CT molecular complexity index is 590. The topological polar surface area (TPSA) is 76.2 Å². The van der Waals surface area contributed by atoms with E-state index in [1.165, 1.54) is 11.3 Å². The van der Waals surface area contributed by atoms with Crippen LogP contribution in [-0.4, -0.2) is 16.1 Å². The summed E-state index contributed by atoms with van der Waals surface area (Å²) in [5.74, 6) is -1.09. The van der Waals surface area contributed by atoms with E-state index in [0.717, 1.165) is 16.7 Å². The number of rotatable bonds is 2. The summed E-state index contributed by atoms with van der Waals surface area (Å²) >= 11 is 1.20. The molecule has 1 heterocycles. The predicted octanol–water partition coefficient (Wildman–Crippen LogP) is 2.71. The summed E-state index contributed by atoms with van der Waals surface area (Å²) in [5, 5.41) is 9.81. The summed E-state index contributed by atoms with van der Waals surface area (Å²) in [6.07, 6.45) is 0. The van der Waals surface area contributed by atoms with E-state index in [9.17, 15) is 4.79 Å². The highest BCUT2D eigenvalue weighted by Crippen LogP contribution is 2.32. The molecule has 0 spiro atoms. The minimum absolute atomic E-state index is 0.0640. The molecule has 0 atom stereocenters. The van der Waals surface area contributed by atoms with Crippen molar-refractivity contribution in [3.05, 3.63) is 35.0 Å². The van der Waals surface area contributed by atoms with E-state index in [0.29, 0.717) is 5.01 Å². The minimum atomic E-state index is -1.09. The van der Waals surface area contributed by atoms with Gasteiger partial charge in [-0.25, -0.2) is 9.78 Å². The van der Waals surface area contributed by atoms with Gasteiger partial charge >= 0.3 is 5.97 Å². The number of carboxylic acid groups (broad SMARTS) is 1. The molecule has 0 unspecified atom stereocenters. The number of aromatic nitrogens is 1. The van der Waals surface area contributed by atoms with Crippen molar-refractivity contribution in [1.82, 2.24) is 4.98 Å². The van der Waals surface area contributed by atoms with E-state index < -0.39 is 5.97 Å². The molecule has 0 radical (unpaired) electrons. The van der Waals surface area contributed by atoms with E-state index in [1.54, 1.807) is 0 Å². The van der Waals surface area contributed by atoms with Crippen LogP contribution in [0.25, 0.3) is 10.6 Å². The van der Waals surface area contributed by atoms with Gasteiger partial charge in [0, 0.05) is 5.56 Å². The van der Waals surface area contributed by atoms with Crippen molar-refractivity contribution in [3.8, 4) is 10.6 Å². The number of benzene rings is 1. The van der Waals surface area contributed by atoms with Gasteiger partial charge in [0.25, 0.3) is 0 Å². The van der Waals surface area contributed by atoms with Gasteiger partial charge in [0.15, 0.2) is 5.69 Å². The summed E-state index contributed by atoms with van der Waals surface area (Å²) in [7, 11) is 0. The Kier molecular flexibility index (Phi) is 2.85. The molecule has 2 aromatic rings. The van der Waals surface area contributed by atoms with Crippen LogP contribution in [0.4, 0.5) is 5.00 Å². The SMILES string of the molecule is Cc1cccc(-c2nc(C(=O)O)c(N)s2)c1C. The van der Waals surface area contributed by atoms with Gasteiger partial charge in [0.1, 0.15) is 10.0 Å². The maximum Gasteiger partial charge on any atom is 0.357 e. The number of hydrogen-bond donors (Lipinski definition) is 2. The van der Waals surface area contributed by atoms with Crippen LogP contribution < -0.4 is 5.73 Å². The average molecular weight is 248 g/mol. The van der Waals surface area contributed by atoms with E-state index in [1.807, 2.05) is 32.0 Å². The number of carbonyl (C=O) groups is 1. The fourth-order valence-electron chi connectivity index (χ4n) is 1.58. The second-order valence-electron chi connectivity index (χ2n) is 3.78. The Balaban J connectivity index is 2.58. The number of nitrogen functional groups attached to an aromatic ring is 1. The number of anilines is 1. The third kappa shape index (κ3) is 2.01. The van der Waals surface area contributed by atoms with Gasteiger partial charge in [-0.15, -0.1) is 0 Å². The van der Waals surface area contributed by atoms with Crippen molar-refractivity contribution in [3.63, 3.8) is 0 Å². The lowest BCUT2D eigenvalue weighted by atomic mass is 10.0. The van der Waals surface area contributed by atoms with Crippen LogP contribution in [0.3, 0.4) is 0 Å². The molecule has 17 heavy (non-hydrogen) atoms. The third-order valence-corrected chi connectivity index (χ3v) is 3.61. The molecule has 1 aromatic carbocycles. The van der Waals surface area contributed by atoms with Crippen molar-refractivity contribution >= 4 is 22.3 Å². The summed E-state index contributed by atoms with van der Waals surface area (Å²) in [6, 6.07) is 5.86. The van der Waals surface area contributed by atoms with E-state index in [-0.39, 0.29) is 10.7 Å². The standard InChI is InChI=1S/C12H12N2O2S/c1-6-4-3-5-8(7(6)2)11-14-9(12(15)16)10(13)17-11/h3-5H,13H2,1-2H3,(H,15,16). The normalized spacial score (nSPS) is 10.5. The number of thiazole rings is 1. The van der Waals surface area contributed by atoms with Crippen molar-refractivity contribution in [2.45, 2.75) is 13.8 Å². The van der Waals surface area contributed by atoms with Crippen molar-refractivity contribution in [2.75, 3.05) is 5.73 Å². The Morgan fingerprint density at radius 3 is 2.71 bits per heavy atom. The highest BCUT2D eigenvalue weighted by atomic mass is 32.1. The summed E-state index contributed by atoms with van der Waals surface area (Å²) in [5.41, 5.74) is 8.76. The number of aryl methyl sites for hydroxylation is 1. The van der Waals surface area contributed by atoms with Gasteiger partial charge in [-0.2, -0.15) is 0 Å². The molecule has 3 N–H and O–H groups in total.